The molecule has 1 saturated carbocycles. The lowest BCUT2D eigenvalue weighted by molar-refractivity contribution is -0.384. The Morgan fingerprint density at radius 3 is 2.32 bits per heavy atom. The summed E-state index contributed by atoms with van der Waals surface area (Å²) in [7, 11) is 0. The van der Waals surface area contributed by atoms with Crippen LogP contribution in [0.3, 0.4) is 0 Å². The second kappa shape index (κ2) is 5.55. The molecule has 0 heterocycles. The van der Waals surface area contributed by atoms with Crippen molar-refractivity contribution < 1.29 is 4.92 Å². The number of hydrogen-bond acceptors (Lipinski definition) is 2. The Morgan fingerprint density at radius 2 is 1.84 bits per heavy atom. The van der Waals surface area contributed by atoms with Gasteiger partial charge in [-0.2, -0.15) is 0 Å². The van der Waals surface area contributed by atoms with Gasteiger partial charge in [0.05, 0.1) is 4.92 Å². The molecular weight excluding hydrogens is 238 g/mol. The van der Waals surface area contributed by atoms with Crippen LogP contribution in [0, 0.1) is 10.1 Å². The third kappa shape index (κ3) is 3.03. The zero-order valence-electron chi connectivity index (χ0n) is 11.5. The molecule has 0 bridgehead atoms. The Morgan fingerprint density at radius 1 is 1.26 bits per heavy atom. The molecule has 0 atom stereocenters. The van der Waals surface area contributed by atoms with Crippen molar-refractivity contribution in [1.29, 1.82) is 0 Å². The number of rotatable bonds is 4. The van der Waals surface area contributed by atoms with Gasteiger partial charge in [0.25, 0.3) is 5.69 Å². The van der Waals surface area contributed by atoms with Crippen LogP contribution in [0.4, 0.5) is 5.69 Å². The SMILES string of the molecule is C=C(C)CC1(c2ccc([N+](=O)[O-])cc2)CCCCC1. The van der Waals surface area contributed by atoms with E-state index in [1.807, 2.05) is 12.1 Å². The van der Waals surface area contributed by atoms with Gasteiger partial charge in [-0.1, -0.05) is 37.0 Å². The van der Waals surface area contributed by atoms with Gasteiger partial charge in [-0.25, -0.2) is 0 Å². The topological polar surface area (TPSA) is 43.1 Å². The number of benzene rings is 1. The predicted octanol–water partition coefficient (Wildman–Crippen LogP) is 4.76. The number of nitrogens with zero attached hydrogens (tertiary/aromatic N) is 1. The van der Waals surface area contributed by atoms with E-state index in [1.54, 1.807) is 12.1 Å². The highest BCUT2D eigenvalue weighted by Crippen LogP contribution is 2.44. The molecule has 1 aromatic carbocycles. The van der Waals surface area contributed by atoms with E-state index in [4.69, 9.17) is 0 Å². The highest BCUT2D eigenvalue weighted by Gasteiger charge is 2.33. The van der Waals surface area contributed by atoms with Crippen LogP contribution in [0.5, 0.6) is 0 Å². The molecule has 1 aliphatic carbocycles. The largest absolute Gasteiger partial charge is 0.269 e. The normalized spacial score (nSPS) is 17.9. The first-order valence-corrected chi connectivity index (χ1v) is 6.93. The van der Waals surface area contributed by atoms with Gasteiger partial charge in [-0.15, -0.1) is 6.58 Å². The lowest BCUT2D eigenvalue weighted by atomic mass is 9.66. The van der Waals surface area contributed by atoms with E-state index in [-0.39, 0.29) is 16.0 Å². The van der Waals surface area contributed by atoms with E-state index in [2.05, 4.69) is 13.5 Å². The molecular formula is C16H21NO2. The van der Waals surface area contributed by atoms with Crippen molar-refractivity contribution in [3.63, 3.8) is 0 Å². The predicted molar refractivity (Wildman–Crippen MR) is 77.3 cm³/mol. The molecule has 0 radical (unpaired) electrons. The molecule has 0 N–H and O–H groups in total. The minimum Gasteiger partial charge on any atom is -0.258 e. The second-order valence-electron chi connectivity index (χ2n) is 5.78. The van der Waals surface area contributed by atoms with E-state index in [1.165, 1.54) is 30.4 Å². The summed E-state index contributed by atoms with van der Waals surface area (Å²) >= 11 is 0. The van der Waals surface area contributed by atoms with Crippen LogP contribution in [-0.4, -0.2) is 4.92 Å². The van der Waals surface area contributed by atoms with E-state index >= 15 is 0 Å². The maximum Gasteiger partial charge on any atom is 0.269 e. The van der Waals surface area contributed by atoms with Crippen molar-refractivity contribution in [1.82, 2.24) is 0 Å². The average Bonchev–Trinajstić information content (AvgIpc) is 2.39. The van der Waals surface area contributed by atoms with E-state index in [0.717, 1.165) is 19.3 Å². The summed E-state index contributed by atoms with van der Waals surface area (Å²) in [5.41, 5.74) is 2.75. The molecule has 1 fully saturated rings. The highest BCUT2D eigenvalue weighted by molar-refractivity contribution is 5.37. The Labute approximate surface area is 114 Å². The van der Waals surface area contributed by atoms with Gasteiger partial charge in [0.2, 0.25) is 0 Å². The van der Waals surface area contributed by atoms with Crippen molar-refractivity contribution in [3.8, 4) is 0 Å². The third-order valence-electron chi connectivity index (χ3n) is 4.14. The minimum absolute atomic E-state index is 0.152. The van der Waals surface area contributed by atoms with Crippen molar-refractivity contribution in [2.75, 3.05) is 0 Å². The number of non-ortho nitro benzene ring substituents is 1. The summed E-state index contributed by atoms with van der Waals surface area (Å²) in [6, 6.07) is 7.13. The first-order chi connectivity index (χ1) is 9.03. The number of hydrogen-bond donors (Lipinski definition) is 0. The van der Waals surface area contributed by atoms with Crippen LogP contribution in [-0.2, 0) is 5.41 Å². The smallest absolute Gasteiger partial charge is 0.258 e. The van der Waals surface area contributed by atoms with Crippen LogP contribution in [0.2, 0.25) is 0 Å². The summed E-state index contributed by atoms with van der Waals surface area (Å²) in [6.07, 6.45) is 7.10. The lowest BCUT2D eigenvalue weighted by Gasteiger charge is -2.38. The second-order valence-corrected chi connectivity index (χ2v) is 5.78. The molecule has 3 nitrogen and oxygen atoms in total. The molecule has 0 saturated heterocycles. The molecule has 2 rings (SSSR count). The van der Waals surface area contributed by atoms with Crippen molar-refractivity contribution >= 4 is 5.69 Å². The Hall–Kier alpha value is -1.64. The number of nitro groups is 1. The minimum atomic E-state index is -0.337. The van der Waals surface area contributed by atoms with Gasteiger partial charge in [0, 0.05) is 12.1 Å². The van der Waals surface area contributed by atoms with Crippen LogP contribution in [0.15, 0.2) is 36.4 Å². The van der Waals surface area contributed by atoms with Crippen LogP contribution < -0.4 is 0 Å². The van der Waals surface area contributed by atoms with E-state index in [0.29, 0.717) is 0 Å². The van der Waals surface area contributed by atoms with Crippen molar-refractivity contribution in [2.45, 2.75) is 50.9 Å². The van der Waals surface area contributed by atoms with E-state index in [9.17, 15) is 10.1 Å². The quantitative estimate of drug-likeness (QED) is 0.444. The standard InChI is InChI=1S/C16H21NO2/c1-13(2)12-16(10-4-3-5-11-16)14-6-8-15(9-7-14)17(18)19/h6-9H,1,3-5,10-12H2,2H3. The Bertz CT molecular complexity index is 470. The lowest BCUT2D eigenvalue weighted by Crippen LogP contribution is -2.29. The summed E-state index contributed by atoms with van der Waals surface area (Å²) < 4.78 is 0. The fourth-order valence-electron chi connectivity index (χ4n) is 3.31. The van der Waals surface area contributed by atoms with Crippen molar-refractivity contribution in [3.05, 3.63) is 52.1 Å². The molecule has 0 spiro atoms. The molecule has 19 heavy (non-hydrogen) atoms. The number of nitro benzene ring substituents is 1. The van der Waals surface area contributed by atoms with Crippen LogP contribution in [0.1, 0.15) is 51.0 Å². The molecule has 0 unspecified atom stereocenters. The van der Waals surface area contributed by atoms with E-state index < -0.39 is 0 Å². The zero-order valence-corrected chi connectivity index (χ0v) is 11.5. The van der Waals surface area contributed by atoms with Gasteiger partial charge in [0.15, 0.2) is 0 Å². The fourth-order valence-corrected chi connectivity index (χ4v) is 3.31. The summed E-state index contributed by atoms with van der Waals surface area (Å²) in [5.74, 6) is 0. The van der Waals surface area contributed by atoms with Gasteiger partial charge in [0.1, 0.15) is 0 Å². The first kappa shape index (κ1) is 13.8. The first-order valence-electron chi connectivity index (χ1n) is 6.93. The van der Waals surface area contributed by atoms with Crippen LogP contribution >= 0.6 is 0 Å². The van der Waals surface area contributed by atoms with Gasteiger partial charge < -0.3 is 0 Å². The molecule has 0 amide bonds. The monoisotopic (exact) mass is 259 g/mol. The van der Waals surface area contributed by atoms with Gasteiger partial charge in [-0.3, -0.25) is 10.1 Å². The van der Waals surface area contributed by atoms with Gasteiger partial charge in [-0.05, 0) is 37.2 Å². The molecule has 3 heteroatoms. The molecule has 0 aliphatic heterocycles. The summed E-state index contributed by atoms with van der Waals surface area (Å²) in [5, 5.41) is 10.7. The third-order valence-corrected chi connectivity index (χ3v) is 4.14. The Balaban J connectivity index is 2.32. The van der Waals surface area contributed by atoms with Gasteiger partial charge >= 0.3 is 0 Å². The molecule has 1 aromatic rings. The van der Waals surface area contributed by atoms with Crippen LogP contribution in [0.25, 0.3) is 0 Å². The van der Waals surface area contributed by atoms with Crippen molar-refractivity contribution in [2.24, 2.45) is 0 Å². The Kier molecular flexibility index (Phi) is 4.03. The maximum atomic E-state index is 10.7. The summed E-state index contributed by atoms with van der Waals surface area (Å²) in [6.45, 7) is 6.13. The average molecular weight is 259 g/mol. The molecule has 102 valence electrons. The fraction of sp³-hybridized carbons (Fsp3) is 0.500. The summed E-state index contributed by atoms with van der Waals surface area (Å²) in [4.78, 5) is 10.4. The molecule has 0 aromatic heterocycles. The zero-order chi connectivity index (χ0) is 13.9. The maximum absolute atomic E-state index is 10.7. The molecule has 1 aliphatic rings. The highest BCUT2D eigenvalue weighted by atomic mass is 16.6. The number of allylic oxidation sites excluding steroid dienone is 1.